The monoisotopic (exact) mass is 537 g/mol. The normalized spacial score (nSPS) is 16.3. The molecular formula is C27H29F6N5. The molecule has 1 aliphatic rings. The summed E-state index contributed by atoms with van der Waals surface area (Å²) >= 11 is 0. The standard InChI is InChI=1S/C27H29F6N5/c1-3-15-38(2)17-24-36-23-16-18(6-8-19(5-4-14-34)26(28,29)30)7-13-22(23)25(37-24)35-21-11-9-20(10-12-21)27(31,32)33/h3-5,7,9-14,16,24,36H,1,6,8,15,17,34H2,2H3,(H,35,37)/b14-4-,19-5+. The first-order valence-corrected chi connectivity index (χ1v) is 11.8. The molecule has 204 valence electrons. The highest BCUT2D eigenvalue weighted by Crippen LogP contribution is 2.32. The van der Waals surface area contributed by atoms with E-state index in [1.165, 1.54) is 12.1 Å². The van der Waals surface area contributed by atoms with Crippen LogP contribution in [0.1, 0.15) is 23.1 Å². The van der Waals surface area contributed by atoms with Crippen molar-refractivity contribution in [3.8, 4) is 0 Å². The van der Waals surface area contributed by atoms with Crippen LogP contribution in [0.4, 0.5) is 37.7 Å². The van der Waals surface area contributed by atoms with Crippen LogP contribution in [-0.2, 0) is 12.6 Å². The molecule has 1 aliphatic heterocycles. The molecule has 38 heavy (non-hydrogen) atoms. The number of aliphatic imine (C=N–C) groups is 1. The van der Waals surface area contributed by atoms with E-state index in [2.05, 4.69) is 17.2 Å². The van der Waals surface area contributed by atoms with E-state index in [1.54, 1.807) is 24.3 Å². The summed E-state index contributed by atoms with van der Waals surface area (Å²) in [4.78, 5) is 6.68. The van der Waals surface area contributed by atoms with Gasteiger partial charge in [-0.3, -0.25) is 4.90 Å². The molecule has 0 radical (unpaired) electrons. The molecule has 1 heterocycles. The van der Waals surface area contributed by atoms with Gasteiger partial charge in [0.25, 0.3) is 0 Å². The van der Waals surface area contributed by atoms with Gasteiger partial charge < -0.3 is 16.4 Å². The number of allylic oxidation sites excluding steroid dienone is 3. The fourth-order valence-electron chi connectivity index (χ4n) is 3.94. The van der Waals surface area contributed by atoms with Crippen LogP contribution in [0, 0.1) is 0 Å². The number of anilines is 2. The number of benzene rings is 2. The van der Waals surface area contributed by atoms with Crippen molar-refractivity contribution in [1.82, 2.24) is 4.90 Å². The number of nitrogens with one attached hydrogen (secondary N) is 2. The Morgan fingerprint density at radius 3 is 2.45 bits per heavy atom. The van der Waals surface area contributed by atoms with Gasteiger partial charge in [-0.05, 0) is 74.1 Å². The van der Waals surface area contributed by atoms with Crippen LogP contribution >= 0.6 is 0 Å². The summed E-state index contributed by atoms with van der Waals surface area (Å²) in [6.45, 7) is 4.81. The summed E-state index contributed by atoms with van der Waals surface area (Å²) < 4.78 is 78.9. The van der Waals surface area contributed by atoms with E-state index >= 15 is 0 Å². The number of hydrogen-bond acceptors (Lipinski definition) is 5. The Morgan fingerprint density at radius 2 is 1.84 bits per heavy atom. The van der Waals surface area contributed by atoms with Gasteiger partial charge in [-0.25, -0.2) is 4.99 Å². The van der Waals surface area contributed by atoms with Gasteiger partial charge in [-0.2, -0.15) is 26.3 Å². The molecule has 3 rings (SSSR count). The van der Waals surface area contributed by atoms with E-state index in [-0.39, 0.29) is 12.8 Å². The van der Waals surface area contributed by atoms with Gasteiger partial charge in [-0.15, -0.1) is 6.58 Å². The topological polar surface area (TPSA) is 65.7 Å². The van der Waals surface area contributed by atoms with E-state index in [4.69, 9.17) is 10.7 Å². The minimum Gasteiger partial charge on any atom is -0.405 e. The molecule has 0 aliphatic carbocycles. The van der Waals surface area contributed by atoms with Crippen molar-refractivity contribution >= 4 is 17.2 Å². The molecule has 11 heteroatoms. The van der Waals surface area contributed by atoms with Crippen molar-refractivity contribution in [3.05, 3.63) is 95.7 Å². The highest BCUT2D eigenvalue weighted by atomic mass is 19.4. The van der Waals surface area contributed by atoms with Crippen molar-refractivity contribution in [2.75, 3.05) is 30.8 Å². The van der Waals surface area contributed by atoms with Gasteiger partial charge in [0, 0.05) is 35.6 Å². The molecule has 5 nitrogen and oxygen atoms in total. The molecule has 4 N–H and O–H groups in total. The Morgan fingerprint density at radius 1 is 1.13 bits per heavy atom. The molecule has 0 spiro atoms. The second-order valence-corrected chi connectivity index (χ2v) is 8.80. The van der Waals surface area contributed by atoms with Gasteiger partial charge in [-0.1, -0.05) is 18.2 Å². The van der Waals surface area contributed by atoms with Crippen molar-refractivity contribution in [2.24, 2.45) is 10.7 Å². The number of nitrogens with two attached hydrogens (primary N) is 1. The molecule has 0 bridgehead atoms. The minimum atomic E-state index is -4.47. The predicted octanol–water partition coefficient (Wildman–Crippen LogP) is 6.33. The van der Waals surface area contributed by atoms with E-state index in [1.807, 2.05) is 11.9 Å². The summed E-state index contributed by atoms with van der Waals surface area (Å²) in [5.74, 6) is 0.436. The van der Waals surface area contributed by atoms with Crippen LogP contribution < -0.4 is 16.4 Å². The first kappa shape index (κ1) is 28.8. The van der Waals surface area contributed by atoms with Crippen molar-refractivity contribution in [2.45, 2.75) is 31.4 Å². The van der Waals surface area contributed by atoms with Crippen LogP contribution in [-0.4, -0.2) is 43.2 Å². The van der Waals surface area contributed by atoms with Gasteiger partial charge in [0.1, 0.15) is 12.0 Å². The van der Waals surface area contributed by atoms with Gasteiger partial charge in [0.05, 0.1) is 5.56 Å². The number of alkyl halides is 6. The summed E-state index contributed by atoms with van der Waals surface area (Å²) in [5.41, 5.74) is 6.13. The zero-order valence-electron chi connectivity index (χ0n) is 20.7. The third-order valence-electron chi connectivity index (χ3n) is 5.80. The fraction of sp³-hybridized carbons (Fsp3) is 0.296. The van der Waals surface area contributed by atoms with E-state index in [0.29, 0.717) is 41.4 Å². The maximum atomic E-state index is 13.4. The Labute approximate surface area is 217 Å². The molecule has 2 aromatic carbocycles. The maximum Gasteiger partial charge on any atom is 0.416 e. The maximum absolute atomic E-state index is 13.4. The largest absolute Gasteiger partial charge is 0.416 e. The molecule has 0 saturated heterocycles. The van der Waals surface area contributed by atoms with Crippen molar-refractivity contribution < 1.29 is 26.3 Å². The number of fused-ring (bicyclic) bond motifs is 1. The first-order valence-electron chi connectivity index (χ1n) is 11.8. The van der Waals surface area contributed by atoms with Crippen LogP contribution in [0.3, 0.4) is 0 Å². The lowest BCUT2D eigenvalue weighted by molar-refractivity contribution is -0.137. The zero-order valence-corrected chi connectivity index (χ0v) is 20.7. The van der Waals surface area contributed by atoms with Gasteiger partial charge in [0.15, 0.2) is 0 Å². The third kappa shape index (κ3) is 7.88. The third-order valence-corrected chi connectivity index (χ3v) is 5.80. The summed E-state index contributed by atoms with van der Waals surface area (Å²) in [7, 11) is 1.88. The second kappa shape index (κ2) is 12.2. The first-order chi connectivity index (χ1) is 17.9. The lowest BCUT2D eigenvalue weighted by atomic mass is 10.00. The second-order valence-electron chi connectivity index (χ2n) is 8.80. The average molecular weight is 538 g/mol. The molecule has 2 aromatic rings. The summed E-state index contributed by atoms with van der Waals surface area (Å²) in [6.07, 6.45) is -4.54. The number of amidine groups is 1. The Bertz CT molecular complexity index is 1200. The van der Waals surface area contributed by atoms with Crippen LogP contribution in [0.5, 0.6) is 0 Å². The van der Waals surface area contributed by atoms with Crippen LogP contribution in [0.2, 0.25) is 0 Å². The molecule has 0 aromatic heterocycles. The number of likely N-dealkylation sites (N-methyl/N-ethyl adjacent to an activating group) is 1. The number of halogens is 6. The lowest BCUT2D eigenvalue weighted by Gasteiger charge is -2.29. The Kier molecular flexibility index (Phi) is 9.26. The smallest absolute Gasteiger partial charge is 0.405 e. The van der Waals surface area contributed by atoms with Crippen molar-refractivity contribution in [1.29, 1.82) is 0 Å². The highest BCUT2D eigenvalue weighted by molar-refractivity contribution is 6.12. The lowest BCUT2D eigenvalue weighted by Crippen LogP contribution is -2.38. The van der Waals surface area contributed by atoms with E-state index in [0.717, 1.165) is 30.5 Å². The number of hydrogen-bond donors (Lipinski definition) is 3. The average Bonchev–Trinajstić information content (AvgIpc) is 2.83. The van der Waals surface area contributed by atoms with Gasteiger partial charge in [0.2, 0.25) is 0 Å². The molecular weight excluding hydrogens is 508 g/mol. The minimum absolute atomic E-state index is 0.137. The highest BCUT2D eigenvalue weighted by Gasteiger charge is 2.33. The SMILES string of the molecule is C=CCN(C)CC1N=C(Nc2ccc(C(F)(F)F)cc2)c2ccc(CC/C(=C\C=C/N)C(F)(F)F)cc2N1. The predicted molar refractivity (Wildman–Crippen MR) is 139 cm³/mol. The molecule has 0 saturated carbocycles. The number of nitrogens with zero attached hydrogens (tertiary/aromatic N) is 2. The fourth-order valence-corrected chi connectivity index (χ4v) is 3.94. The number of aryl methyl sites for hydroxylation is 1. The van der Waals surface area contributed by atoms with Crippen LogP contribution in [0.15, 0.2) is 84.0 Å². The van der Waals surface area contributed by atoms with Gasteiger partial charge >= 0.3 is 12.4 Å². The quantitative estimate of drug-likeness (QED) is 0.199. The molecule has 1 unspecified atom stereocenters. The van der Waals surface area contributed by atoms with E-state index in [9.17, 15) is 26.3 Å². The van der Waals surface area contributed by atoms with Crippen LogP contribution in [0.25, 0.3) is 0 Å². The molecule has 1 atom stereocenters. The summed E-state index contributed by atoms with van der Waals surface area (Å²) in [5, 5.41) is 6.40. The van der Waals surface area contributed by atoms with Crippen molar-refractivity contribution in [3.63, 3.8) is 0 Å². The molecule has 0 amide bonds. The Balaban J connectivity index is 1.87. The molecule has 0 fully saturated rings. The van der Waals surface area contributed by atoms with E-state index < -0.39 is 29.7 Å². The Hall–Kier alpha value is -3.73. The number of rotatable bonds is 9. The zero-order chi connectivity index (χ0) is 27.9. The summed E-state index contributed by atoms with van der Waals surface area (Å²) in [6, 6.07) is 9.81.